The Kier molecular flexibility index (Phi) is 3.96. The number of fused-ring (bicyclic) bond motifs is 1. The monoisotopic (exact) mass is 355 g/mol. The largest absolute Gasteiger partial charge is 0.397 e. The number of hydrogen-bond acceptors (Lipinski definition) is 4. The van der Waals surface area contributed by atoms with E-state index < -0.39 is 5.92 Å². The molecule has 26 heavy (non-hydrogen) atoms. The topological polar surface area (TPSA) is 70.8 Å². The number of benzene rings is 1. The van der Waals surface area contributed by atoms with Gasteiger partial charge in [0.25, 0.3) is 5.92 Å². The summed E-state index contributed by atoms with van der Waals surface area (Å²) in [4.78, 5) is 6.05. The molecule has 2 aromatic heterocycles. The zero-order valence-electron chi connectivity index (χ0n) is 14.2. The Balaban J connectivity index is 1.63. The number of pyridine rings is 1. The van der Waals surface area contributed by atoms with Gasteiger partial charge < -0.3 is 5.73 Å². The molecule has 0 radical (unpaired) electrons. The summed E-state index contributed by atoms with van der Waals surface area (Å²) in [7, 11) is 0. The fraction of sp³-hybridized carbons (Fsp3) is 0.263. The SMILES string of the molecule is C=C(N)c1n[nH]c2ccc(-c3cncc(CN4CCC(F)(F)C4)c3)cc12. The molecule has 0 amide bonds. The number of hydrogen-bond donors (Lipinski definition) is 2. The molecule has 1 fully saturated rings. The van der Waals surface area contributed by atoms with E-state index in [-0.39, 0.29) is 13.0 Å². The second-order valence-corrected chi connectivity index (χ2v) is 6.76. The van der Waals surface area contributed by atoms with E-state index in [1.54, 1.807) is 17.3 Å². The predicted octanol–water partition coefficient (Wildman–Crippen LogP) is 3.40. The molecule has 0 unspecified atom stereocenters. The number of likely N-dealkylation sites (tertiary alicyclic amines) is 1. The Morgan fingerprint density at radius 3 is 2.85 bits per heavy atom. The normalized spacial score (nSPS) is 17.0. The highest BCUT2D eigenvalue weighted by Gasteiger charge is 2.37. The van der Waals surface area contributed by atoms with Crippen molar-refractivity contribution in [3.8, 4) is 11.1 Å². The van der Waals surface area contributed by atoms with Crippen molar-refractivity contribution in [2.24, 2.45) is 5.73 Å². The number of H-pyrrole nitrogens is 1. The molecule has 1 aliphatic rings. The molecule has 3 aromatic rings. The van der Waals surface area contributed by atoms with E-state index in [4.69, 9.17) is 5.73 Å². The van der Waals surface area contributed by atoms with Gasteiger partial charge >= 0.3 is 0 Å². The summed E-state index contributed by atoms with van der Waals surface area (Å²) in [6.45, 7) is 4.43. The first-order valence-corrected chi connectivity index (χ1v) is 8.39. The number of halogens is 2. The van der Waals surface area contributed by atoms with E-state index in [1.807, 2.05) is 24.3 Å². The fourth-order valence-electron chi connectivity index (χ4n) is 3.37. The molecule has 0 bridgehead atoms. The van der Waals surface area contributed by atoms with Crippen LogP contribution < -0.4 is 5.73 Å². The van der Waals surface area contributed by atoms with Crippen LogP contribution in [0.15, 0.2) is 43.2 Å². The summed E-state index contributed by atoms with van der Waals surface area (Å²) in [5, 5.41) is 8.01. The van der Waals surface area contributed by atoms with Gasteiger partial charge in [0.1, 0.15) is 5.69 Å². The maximum absolute atomic E-state index is 13.4. The minimum Gasteiger partial charge on any atom is -0.397 e. The second-order valence-electron chi connectivity index (χ2n) is 6.76. The van der Waals surface area contributed by atoms with Crippen molar-refractivity contribution in [2.75, 3.05) is 13.1 Å². The van der Waals surface area contributed by atoms with Gasteiger partial charge in [0.15, 0.2) is 0 Å². The van der Waals surface area contributed by atoms with Crippen LogP contribution in [0.4, 0.5) is 8.78 Å². The average molecular weight is 355 g/mol. The maximum Gasteiger partial charge on any atom is 0.261 e. The van der Waals surface area contributed by atoms with E-state index in [0.717, 1.165) is 27.6 Å². The first-order valence-electron chi connectivity index (χ1n) is 8.39. The molecule has 134 valence electrons. The van der Waals surface area contributed by atoms with E-state index >= 15 is 0 Å². The van der Waals surface area contributed by atoms with Crippen molar-refractivity contribution < 1.29 is 8.78 Å². The highest BCUT2D eigenvalue weighted by molar-refractivity contribution is 5.92. The zero-order chi connectivity index (χ0) is 18.3. The van der Waals surface area contributed by atoms with Crippen LogP contribution in [0.3, 0.4) is 0 Å². The van der Waals surface area contributed by atoms with E-state index in [2.05, 4.69) is 21.8 Å². The number of nitrogens with one attached hydrogen (secondary N) is 1. The number of alkyl halides is 2. The number of nitrogens with zero attached hydrogens (tertiary/aromatic N) is 3. The lowest BCUT2D eigenvalue weighted by Gasteiger charge is -2.15. The molecule has 7 heteroatoms. The van der Waals surface area contributed by atoms with Crippen LogP contribution >= 0.6 is 0 Å². The van der Waals surface area contributed by atoms with Crippen LogP contribution in [0.2, 0.25) is 0 Å². The molecule has 3 N–H and O–H groups in total. The predicted molar refractivity (Wildman–Crippen MR) is 97.4 cm³/mol. The molecule has 1 saturated heterocycles. The van der Waals surface area contributed by atoms with Crippen molar-refractivity contribution >= 4 is 16.6 Å². The standard InChI is InChI=1S/C19H19F2N5/c1-12(22)18-16-7-14(2-3-17(16)24-25-18)15-6-13(8-23-9-15)10-26-5-4-19(20,21)11-26/h2-3,6-9H,1,4-5,10-11,22H2,(H,24,25). The van der Waals surface area contributed by atoms with Gasteiger partial charge in [-0.1, -0.05) is 12.6 Å². The van der Waals surface area contributed by atoms with Crippen LogP contribution in [0.1, 0.15) is 17.7 Å². The van der Waals surface area contributed by atoms with Gasteiger partial charge in [-0.2, -0.15) is 5.10 Å². The average Bonchev–Trinajstić information content (AvgIpc) is 3.17. The Morgan fingerprint density at radius 2 is 2.12 bits per heavy atom. The minimum absolute atomic E-state index is 0.0803. The molecule has 4 rings (SSSR count). The molecule has 0 spiro atoms. The third kappa shape index (κ3) is 3.17. The molecular formula is C19H19F2N5. The number of nitrogens with two attached hydrogens (primary N) is 1. The van der Waals surface area contributed by atoms with Crippen LogP contribution in [0.5, 0.6) is 0 Å². The number of rotatable bonds is 4. The van der Waals surface area contributed by atoms with Gasteiger partial charge in [0.2, 0.25) is 0 Å². The first-order chi connectivity index (χ1) is 12.4. The Morgan fingerprint density at radius 1 is 1.27 bits per heavy atom. The summed E-state index contributed by atoms with van der Waals surface area (Å²) < 4.78 is 26.8. The molecular weight excluding hydrogens is 336 g/mol. The summed E-state index contributed by atoms with van der Waals surface area (Å²) in [5.41, 5.74) is 10.5. The third-order valence-electron chi connectivity index (χ3n) is 4.65. The van der Waals surface area contributed by atoms with Gasteiger partial charge in [0, 0.05) is 42.9 Å². The van der Waals surface area contributed by atoms with Crippen molar-refractivity contribution in [2.45, 2.75) is 18.9 Å². The van der Waals surface area contributed by atoms with Crippen LogP contribution in [0, 0.1) is 0 Å². The van der Waals surface area contributed by atoms with Gasteiger partial charge in [-0.25, -0.2) is 8.78 Å². The molecule has 0 aliphatic carbocycles. The van der Waals surface area contributed by atoms with Gasteiger partial charge in [-0.15, -0.1) is 0 Å². The Bertz CT molecular complexity index is 979. The van der Waals surface area contributed by atoms with E-state index in [1.165, 1.54) is 0 Å². The maximum atomic E-state index is 13.4. The van der Waals surface area contributed by atoms with E-state index in [9.17, 15) is 8.78 Å². The zero-order valence-corrected chi connectivity index (χ0v) is 14.2. The van der Waals surface area contributed by atoms with Crippen molar-refractivity contribution in [1.29, 1.82) is 0 Å². The van der Waals surface area contributed by atoms with Crippen molar-refractivity contribution in [1.82, 2.24) is 20.1 Å². The Hall–Kier alpha value is -2.80. The molecule has 3 heterocycles. The van der Waals surface area contributed by atoms with Crippen molar-refractivity contribution in [3.63, 3.8) is 0 Å². The summed E-state index contributed by atoms with van der Waals surface area (Å²) in [6.07, 6.45) is 3.41. The van der Waals surface area contributed by atoms with Crippen LogP contribution in [-0.4, -0.2) is 39.1 Å². The second kappa shape index (κ2) is 6.17. The smallest absolute Gasteiger partial charge is 0.261 e. The van der Waals surface area contributed by atoms with Crippen molar-refractivity contribution in [3.05, 3.63) is 54.5 Å². The molecule has 5 nitrogen and oxygen atoms in total. The van der Waals surface area contributed by atoms with Crippen LogP contribution in [-0.2, 0) is 6.54 Å². The molecule has 1 aliphatic heterocycles. The number of aromatic nitrogens is 3. The summed E-state index contributed by atoms with van der Waals surface area (Å²) in [6, 6.07) is 7.87. The quantitative estimate of drug-likeness (QED) is 0.753. The van der Waals surface area contributed by atoms with Gasteiger partial charge in [-0.3, -0.25) is 15.0 Å². The molecule has 0 atom stereocenters. The summed E-state index contributed by atoms with van der Waals surface area (Å²) in [5.74, 6) is -2.58. The van der Waals surface area contributed by atoms with E-state index in [0.29, 0.717) is 24.5 Å². The molecule has 0 saturated carbocycles. The van der Waals surface area contributed by atoms with Gasteiger partial charge in [-0.05, 0) is 29.3 Å². The third-order valence-corrected chi connectivity index (χ3v) is 4.65. The fourth-order valence-corrected chi connectivity index (χ4v) is 3.37. The highest BCUT2D eigenvalue weighted by Crippen LogP contribution is 2.29. The lowest BCUT2D eigenvalue weighted by atomic mass is 10.0. The molecule has 1 aromatic carbocycles. The summed E-state index contributed by atoms with van der Waals surface area (Å²) >= 11 is 0. The Labute approximate surface area is 149 Å². The number of aromatic amines is 1. The minimum atomic E-state index is -2.58. The first kappa shape index (κ1) is 16.7. The van der Waals surface area contributed by atoms with Crippen LogP contribution in [0.25, 0.3) is 27.7 Å². The lowest BCUT2D eigenvalue weighted by Crippen LogP contribution is -2.24. The lowest BCUT2D eigenvalue weighted by molar-refractivity contribution is 0.0115. The highest BCUT2D eigenvalue weighted by atomic mass is 19.3. The van der Waals surface area contributed by atoms with Gasteiger partial charge in [0.05, 0.1) is 17.8 Å².